The van der Waals surface area contributed by atoms with Crippen molar-refractivity contribution in [3.8, 4) is 0 Å². The molecule has 84 valence electrons. The van der Waals surface area contributed by atoms with Crippen LogP contribution in [0.15, 0.2) is 0 Å². The van der Waals surface area contributed by atoms with Gasteiger partial charge >= 0.3 is 0 Å². The molecule has 1 aliphatic rings. The molecule has 1 saturated heterocycles. The van der Waals surface area contributed by atoms with Gasteiger partial charge < -0.3 is 0 Å². The molecule has 0 spiro atoms. The van der Waals surface area contributed by atoms with E-state index in [9.17, 15) is 8.42 Å². The van der Waals surface area contributed by atoms with E-state index in [1.54, 1.807) is 14.1 Å². The van der Waals surface area contributed by atoms with Gasteiger partial charge in [-0.3, -0.25) is 0 Å². The number of rotatable bonds is 3. The van der Waals surface area contributed by atoms with Crippen LogP contribution in [0.5, 0.6) is 0 Å². The molecule has 14 heavy (non-hydrogen) atoms. The molecule has 0 atom stereocenters. The lowest BCUT2D eigenvalue weighted by Gasteiger charge is -2.31. The van der Waals surface area contributed by atoms with Crippen molar-refractivity contribution in [1.82, 2.24) is 8.61 Å². The Labute approximate surface area is 91.0 Å². The maximum Gasteiger partial charge on any atom is 0.281 e. The summed E-state index contributed by atoms with van der Waals surface area (Å²) >= 11 is 5.73. The number of alkyl halides is 1. The Morgan fingerprint density at radius 2 is 1.86 bits per heavy atom. The van der Waals surface area contributed by atoms with Crippen LogP contribution in [0.4, 0.5) is 0 Å². The third-order valence-electron chi connectivity index (χ3n) is 2.58. The van der Waals surface area contributed by atoms with Crippen LogP contribution in [0.2, 0.25) is 0 Å². The predicted octanol–water partition coefficient (Wildman–Crippen LogP) is 0.744. The zero-order valence-electron chi connectivity index (χ0n) is 8.61. The molecule has 4 nitrogen and oxygen atoms in total. The van der Waals surface area contributed by atoms with Gasteiger partial charge in [0.1, 0.15) is 0 Å². The molecule has 0 aromatic rings. The summed E-state index contributed by atoms with van der Waals surface area (Å²) in [5.74, 6) is 1.11. The SMILES string of the molecule is CN(C)S(=O)(=O)N1CCC(CCl)CC1. The van der Waals surface area contributed by atoms with E-state index in [1.807, 2.05) is 0 Å². The molecular formula is C8H17ClN2O2S. The fourth-order valence-corrected chi connectivity index (χ4v) is 2.97. The second-order valence-corrected chi connectivity index (χ2v) is 6.24. The standard InChI is InChI=1S/C8H17ClN2O2S/c1-10(2)14(12,13)11-5-3-8(7-9)4-6-11/h8H,3-7H2,1-2H3. The predicted molar refractivity (Wildman–Crippen MR) is 57.6 cm³/mol. The summed E-state index contributed by atoms with van der Waals surface area (Å²) in [5.41, 5.74) is 0. The highest BCUT2D eigenvalue weighted by molar-refractivity contribution is 7.86. The summed E-state index contributed by atoms with van der Waals surface area (Å²) in [4.78, 5) is 0. The molecule has 1 aliphatic heterocycles. The maximum atomic E-state index is 11.7. The number of hydrogen-bond donors (Lipinski definition) is 0. The maximum absolute atomic E-state index is 11.7. The highest BCUT2D eigenvalue weighted by Gasteiger charge is 2.28. The van der Waals surface area contributed by atoms with Gasteiger partial charge in [-0.1, -0.05) is 0 Å². The summed E-state index contributed by atoms with van der Waals surface area (Å²) in [7, 11) is -0.0910. The van der Waals surface area contributed by atoms with Gasteiger partial charge in [-0.05, 0) is 18.8 Å². The van der Waals surface area contributed by atoms with E-state index in [-0.39, 0.29) is 0 Å². The zero-order valence-corrected chi connectivity index (χ0v) is 10.2. The zero-order chi connectivity index (χ0) is 10.8. The van der Waals surface area contributed by atoms with Crippen LogP contribution in [-0.2, 0) is 10.2 Å². The quantitative estimate of drug-likeness (QED) is 0.683. The second-order valence-electron chi connectivity index (χ2n) is 3.79. The van der Waals surface area contributed by atoms with E-state index in [1.165, 1.54) is 8.61 Å². The first-order valence-electron chi connectivity index (χ1n) is 4.72. The van der Waals surface area contributed by atoms with Crippen LogP contribution in [0.3, 0.4) is 0 Å². The fraction of sp³-hybridized carbons (Fsp3) is 1.00. The number of hydrogen-bond acceptors (Lipinski definition) is 2. The minimum absolute atomic E-state index is 0.477. The molecule has 0 saturated carbocycles. The summed E-state index contributed by atoms with van der Waals surface area (Å²) in [6, 6.07) is 0. The van der Waals surface area contributed by atoms with Crippen molar-refractivity contribution in [2.24, 2.45) is 5.92 Å². The van der Waals surface area contributed by atoms with Crippen LogP contribution < -0.4 is 0 Å². The summed E-state index contributed by atoms with van der Waals surface area (Å²) < 4.78 is 26.2. The molecule has 0 amide bonds. The second kappa shape index (κ2) is 4.79. The molecule has 1 fully saturated rings. The first kappa shape index (κ1) is 12.2. The molecule has 1 rings (SSSR count). The lowest BCUT2D eigenvalue weighted by Crippen LogP contribution is -2.44. The van der Waals surface area contributed by atoms with Crippen LogP contribution in [-0.4, -0.2) is 50.1 Å². The minimum atomic E-state index is -3.21. The number of halogens is 1. The largest absolute Gasteiger partial charge is 0.281 e. The van der Waals surface area contributed by atoms with Gasteiger partial charge in [0.2, 0.25) is 0 Å². The molecule has 0 radical (unpaired) electrons. The first-order valence-corrected chi connectivity index (χ1v) is 6.65. The van der Waals surface area contributed by atoms with Crippen LogP contribution in [0.25, 0.3) is 0 Å². The molecule has 6 heteroatoms. The lowest BCUT2D eigenvalue weighted by molar-refractivity contribution is 0.277. The van der Waals surface area contributed by atoms with Crippen molar-refractivity contribution in [2.75, 3.05) is 33.1 Å². The number of piperidine rings is 1. The average molecular weight is 241 g/mol. The smallest absolute Gasteiger partial charge is 0.195 e. The highest BCUT2D eigenvalue weighted by Crippen LogP contribution is 2.21. The summed E-state index contributed by atoms with van der Waals surface area (Å²) in [5, 5.41) is 0. The fourth-order valence-electron chi connectivity index (χ4n) is 1.53. The molecule has 0 aromatic carbocycles. The Balaban J connectivity index is 2.58. The van der Waals surface area contributed by atoms with Crippen LogP contribution in [0.1, 0.15) is 12.8 Å². The van der Waals surface area contributed by atoms with Crippen molar-refractivity contribution in [3.63, 3.8) is 0 Å². The normalized spacial score (nSPS) is 21.7. The van der Waals surface area contributed by atoms with Crippen molar-refractivity contribution in [3.05, 3.63) is 0 Å². The minimum Gasteiger partial charge on any atom is -0.195 e. The van der Waals surface area contributed by atoms with Gasteiger partial charge in [0.25, 0.3) is 10.2 Å². The van der Waals surface area contributed by atoms with Crippen molar-refractivity contribution in [2.45, 2.75) is 12.8 Å². The molecule has 0 N–H and O–H groups in total. The van der Waals surface area contributed by atoms with E-state index in [4.69, 9.17) is 11.6 Å². The van der Waals surface area contributed by atoms with Gasteiger partial charge in [-0.25, -0.2) is 0 Å². The third-order valence-corrected chi connectivity index (χ3v) is 4.96. The van der Waals surface area contributed by atoms with E-state index >= 15 is 0 Å². The molecule has 0 aromatic heterocycles. The Morgan fingerprint density at radius 1 is 1.36 bits per heavy atom. The van der Waals surface area contributed by atoms with Gasteiger partial charge in [0.05, 0.1) is 0 Å². The first-order chi connectivity index (χ1) is 6.48. The van der Waals surface area contributed by atoms with Crippen molar-refractivity contribution in [1.29, 1.82) is 0 Å². The Hall–Kier alpha value is 0.160. The van der Waals surface area contributed by atoms with E-state index < -0.39 is 10.2 Å². The van der Waals surface area contributed by atoms with E-state index in [2.05, 4.69) is 0 Å². The third kappa shape index (κ3) is 2.59. The Kier molecular flexibility index (Phi) is 4.18. The molecule has 0 aliphatic carbocycles. The van der Waals surface area contributed by atoms with Gasteiger partial charge in [0, 0.05) is 33.1 Å². The van der Waals surface area contributed by atoms with Gasteiger partial charge in [-0.15, -0.1) is 11.6 Å². The van der Waals surface area contributed by atoms with E-state index in [0.717, 1.165) is 12.8 Å². The lowest BCUT2D eigenvalue weighted by atomic mass is 10.0. The van der Waals surface area contributed by atoms with Crippen molar-refractivity contribution < 1.29 is 8.42 Å². The van der Waals surface area contributed by atoms with Gasteiger partial charge in [0.15, 0.2) is 0 Å². The molecular weight excluding hydrogens is 224 g/mol. The topological polar surface area (TPSA) is 40.6 Å². The van der Waals surface area contributed by atoms with E-state index in [0.29, 0.717) is 24.9 Å². The van der Waals surface area contributed by atoms with Crippen LogP contribution in [0, 0.1) is 5.92 Å². The average Bonchev–Trinajstić information content (AvgIpc) is 2.17. The van der Waals surface area contributed by atoms with Crippen LogP contribution >= 0.6 is 11.6 Å². The van der Waals surface area contributed by atoms with Crippen molar-refractivity contribution >= 4 is 21.8 Å². The molecule has 1 heterocycles. The molecule has 0 unspecified atom stereocenters. The monoisotopic (exact) mass is 240 g/mol. The highest BCUT2D eigenvalue weighted by atomic mass is 35.5. The Morgan fingerprint density at radius 3 is 2.21 bits per heavy atom. The summed E-state index contributed by atoms with van der Waals surface area (Å²) in [6.45, 7) is 1.19. The number of nitrogens with zero attached hydrogens (tertiary/aromatic N) is 2. The Bertz CT molecular complexity index is 271. The molecule has 0 bridgehead atoms. The summed E-state index contributed by atoms with van der Waals surface area (Å²) in [6.07, 6.45) is 1.74. The van der Waals surface area contributed by atoms with Gasteiger partial charge in [-0.2, -0.15) is 17.0 Å².